The Hall–Kier alpha value is -1.70. The Balaban J connectivity index is 0. The van der Waals surface area contributed by atoms with Gasteiger partial charge in [-0.15, -0.1) is 60.7 Å². The fourth-order valence-electron chi connectivity index (χ4n) is 2.91. The molecular formula is C24H35Cl3N4O5S2. The highest BCUT2D eigenvalue weighted by atomic mass is 35.5. The van der Waals surface area contributed by atoms with Gasteiger partial charge in [0.2, 0.25) is 5.91 Å². The normalized spacial score (nSPS) is 9.97. The second-order valence-corrected chi connectivity index (χ2v) is 9.73. The molecule has 0 saturated heterocycles. The third-order valence-corrected chi connectivity index (χ3v) is 6.47. The molecule has 2 rings (SSSR count). The number of rotatable bonds is 16. The lowest BCUT2D eigenvalue weighted by Gasteiger charge is -2.20. The molecule has 0 bridgehead atoms. The van der Waals surface area contributed by atoms with Gasteiger partial charge in [-0.25, -0.2) is 0 Å². The quantitative estimate of drug-likeness (QED) is 0.145. The Morgan fingerprint density at radius 2 is 1.11 bits per heavy atom. The molecular weight excluding hydrogens is 595 g/mol. The van der Waals surface area contributed by atoms with Gasteiger partial charge in [0.25, 0.3) is 0 Å². The molecule has 38 heavy (non-hydrogen) atoms. The van der Waals surface area contributed by atoms with E-state index in [2.05, 4.69) is 10.6 Å². The van der Waals surface area contributed by atoms with Crippen LogP contribution in [-0.4, -0.2) is 81.1 Å². The zero-order valence-corrected chi connectivity index (χ0v) is 25.3. The molecule has 1 amide bonds. The molecule has 0 aliphatic rings. The van der Waals surface area contributed by atoms with Gasteiger partial charge >= 0.3 is 11.9 Å². The number of carbonyl (C=O) groups excluding carboxylic acids is 3. The van der Waals surface area contributed by atoms with Gasteiger partial charge in [-0.05, 0) is 62.6 Å². The average molecular weight is 630 g/mol. The number of amides is 1. The number of esters is 2. The molecule has 0 aromatic heterocycles. The lowest BCUT2D eigenvalue weighted by Crippen LogP contribution is -2.36. The summed E-state index contributed by atoms with van der Waals surface area (Å²) in [6.07, 6.45) is 0. The maximum atomic E-state index is 11.5. The van der Waals surface area contributed by atoms with Crippen LogP contribution in [0.5, 0.6) is 11.5 Å². The monoisotopic (exact) mass is 628 g/mol. The predicted octanol–water partition coefficient (Wildman–Crippen LogP) is 2.87. The van der Waals surface area contributed by atoms with Crippen LogP contribution in [0.3, 0.4) is 0 Å². The Morgan fingerprint density at radius 3 is 1.42 bits per heavy atom. The summed E-state index contributed by atoms with van der Waals surface area (Å²) in [6.45, 7) is 1.91. The van der Waals surface area contributed by atoms with Gasteiger partial charge in [0.15, 0.2) is 0 Å². The minimum absolute atomic E-state index is 0. The minimum Gasteiger partial charge on any atom is -0.426 e. The van der Waals surface area contributed by atoms with Gasteiger partial charge in [0, 0.05) is 34.4 Å². The van der Waals surface area contributed by atoms with E-state index in [0.29, 0.717) is 24.6 Å². The smallest absolute Gasteiger partial charge is 0.325 e. The summed E-state index contributed by atoms with van der Waals surface area (Å²) in [5.74, 6) is 1.54. The number of hydrogen-bond donors (Lipinski definition) is 3. The Labute approximate surface area is 250 Å². The number of likely N-dealkylation sites (N-methyl/N-ethyl adjacent to an activating group) is 2. The first-order valence-electron chi connectivity index (χ1n) is 11.1. The van der Waals surface area contributed by atoms with Crippen LogP contribution in [0.4, 0.5) is 0 Å². The summed E-state index contributed by atoms with van der Waals surface area (Å²) in [5, 5.41) is 5.50. The van der Waals surface area contributed by atoms with Crippen LogP contribution >= 0.6 is 60.7 Å². The summed E-state index contributed by atoms with van der Waals surface area (Å²) in [4.78, 5) is 38.7. The van der Waals surface area contributed by atoms with Crippen molar-refractivity contribution in [3.05, 3.63) is 48.5 Å². The second kappa shape index (κ2) is 22.2. The number of halogens is 3. The minimum atomic E-state index is -0.361. The molecule has 2 aromatic carbocycles. The first-order chi connectivity index (χ1) is 16.9. The molecule has 0 aliphatic carbocycles. The summed E-state index contributed by atoms with van der Waals surface area (Å²) in [5.41, 5.74) is 5.43. The molecule has 0 atom stereocenters. The van der Waals surface area contributed by atoms with Crippen LogP contribution in [0.2, 0.25) is 0 Å². The van der Waals surface area contributed by atoms with E-state index in [0.717, 1.165) is 21.3 Å². The number of nitrogens with two attached hydrogens (primary N) is 1. The Bertz CT molecular complexity index is 888. The number of carbonyl (C=O) groups is 3. The third kappa shape index (κ3) is 16.3. The molecule has 9 nitrogen and oxygen atoms in total. The number of benzene rings is 2. The van der Waals surface area contributed by atoms with Crippen molar-refractivity contribution in [3.8, 4) is 11.5 Å². The number of primary amides is 1. The first kappa shape index (κ1) is 38.4. The molecule has 0 spiro atoms. The zero-order valence-electron chi connectivity index (χ0n) is 21.2. The molecule has 0 aliphatic heterocycles. The van der Waals surface area contributed by atoms with Crippen molar-refractivity contribution < 1.29 is 23.9 Å². The molecule has 2 aromatic rings. The van der Waals surface area contributed by atoms with Crippen molar-refractivity contribution in [1.29, 1.82) is 0 Å². The average Bonchev–Trinajstić information content (AvgIpc) is 2.81. The summed E-state index contributed by atoms with van der Waals surface area (Å²) in [7, 11) is 3.37. The number of nitrogens with one attached hydrogen (secondary N) is 2. The van der Waals surface area contributed by atoms with Crippen molar-refractivity contribution in [2.45, 2.75) is 9.79 Å². The standard InChI is InChI=1S/C24H32N4O5S2.3ClH/c1-26-15-23(30)32-18-3-7-20(8-4-18)34-13-11-28(17-22(25)29)12-14-35-21-9-5-19(6-10-21)33-24(31)16-27-2;;;/h3-10,26-27H,11-17H2,1-2H3,(H2,25,29);3*1H. The van der Waals surface area contributed by atoms with Gasteiger partial charge in [-0.3, -0.25) is 19.3 Å². The SMILES string of the molecule is CNCC(=O)Oc1ccc(SCCN(CCSc2ccc(OC(=O)CNC)cc2)CC(N)=O)cc1.Cl.Cl.Cl. The van der Waals surface area contributed by atoms with Gasteiger partial charge in [0.05, 0.1) is 19.6 Å². The van der Waals surface area contributed by atoms with Crippen molar-refractivity contribution in [2.75, 3.05) is 58.3 Å². The zero-order chi connectivity index (χ0) is 25.5. The number of thioether (sulfide) groups is 2. The first-order valence-corrected chi connectivity index (χ1v) is 13.0. The van der Waals surface area contributed by atoms with Crippen molar-refractivity contribution in [2.24, 2.45) is 5.73 Å². The molecule has 0 radical (unpaired) electrons. The molecule has 0 fully saturated rings. The van der Waals surface area contributed by atoms with Crippen molar-refractivity contribution in [1.82, 2.24) is 15.5 Å². The van der Waals surface area contributed by atoms with E-state index in [1.54, 1.807) is 61.9 Å². The van der Waals surface area contributed by atoms with Crippen molar-refractivity contribution >= 4 is 78.6 Å². The lowest BCUT2D eigenvalue weighted by atomic mass is 10.3. The fourth-order valence-corrected chi connectivity index (χ4v) is 4.73. The van der Waals surface area contributed by atoms with Gasteiger partial charge in [-0.1, -0.05) is 0 Å². The van der Waals surface area contributed by atoms with Crippen LogP contribution in [0.1, 0.15) is 0 Å². The van der Waals surface area contributed by atoms with E-state index in [-0.39, 0.29) is 74.7 Å². The van der Waals surface area contributed by atoms with E-state index in [1.165, 1.54) is 0 Å². The summed E-state index contributed by atoms with van der Waals surface area (Å²) >= 11 is 3.31. The molecule has 214 valence electrons. The largest absolute Gasteiger partial charge is 0.426 e. The number of hydrogen-bond acceptors (Lipinski definition) is 10. The molecule has 14 heteroatoms. The predicted molar refractivity (Wildman–Crippen MR) is 161 cm³/mol. The second-order valence-electron chi connectivity index (χ2n) is 7.39. The molecule has 0 heterocycles. The van der Waals surface area contributed by atoms with Crippen LogP contribution in [0, 0.1) is 0 Å². The van der Waals surface area contributed by atoms with E-state index >= 15 is 0 Å². The van der Waals surface area contributed by atoms with Gasteiger partial charge in [0.1, 0.15) is 11.5 Å². The molecule has 0 unspecified atom stereocenters. The highest BCUT2D eigenvalue weighted by Gasteiger charge is 2.10. The molecule has 0 saturated carbocycles. The van der Waals surface area contributed by atoms with Gasteiger partial charge in [-0.2, -0.15) is 0 Å². The topological polar surface area (TPSA) is 123 Å². The Morgan fingerprint density at radius 1 is 0.737 bits per heavy atom. The van der Waals surface area contributed by atoms with Gasteiger partial charge < -0.3 is 25.8 Å². The fraction of sp³-hybridized carbons (Fsp3) is 0.375. The highest BCUT2D eigenvalue weighted by Crippen LogP contribution is 2.23. The molecule has 4 N–H and O–H groups in total. The van der Waals surface area contributed by atoms with E-state index < -0.39 is 0 Å². The third-order valence-electron chi connectivity index (χ3n) is 4.48. The number of nitrogens with zero attached hydrogens (tertiary/aromatic N) is 1. The van der Waals surface area contributed by atoms with Crippen LogP contribution < -0.4 is 25.8 Å². The lowest BCUT2D eigenvalue weighted by molar-refractivity contribution is -0.134. The maximum absolute atomic E-state index is 11.5. The van der Waals surface area contributed by atoms with Crippen LogP contribution in [-0.2, 0) is 14.4 Å². The van der Waals surface area contributed by atoms with Crippen molar-refractivity contribution in [3.63, 3.8) is 0 Å². The van der Waals surface area contributed by atoms with Crippen LogP contribution in [0.25, 0.3) is 0 Å². The highest BCUT2D eigenvalue weighted by molar-refractivity contribution is 7.99. The van der Waals surface area contributed by atoms with E-state index in [4.69, 9.17) is 15.2 Å². The summed E-state index contributed by atoms with van der Waals surface area (Å²) < 4.78 is 10.4. The summed E-state index contributed by atoms with van der Waals surface area (Å²) in [6, 6.07) is 14.7. The Kier molecular flexibility index (Phi) is 22.4. The number of ether oxygens (including phenoxy) is 2. The van der Waals surface area contributed by atoms with E-state index in [9.17, 15) is 14.4 Å². The maximum Gasteiger partial charge on any atom is 0.325 e. The van der Waals surface area contributed by atoms with E-state index in [1.807, 2.05) is 29.2 Å². The van der Waals surface area contributed by atoms with Crippen LogP contribution in [0.15, 0.2) is 58.3 Å².